The normalized spacial score (nSPS) is 13.7. The van der Waals surface area contributed by atoms with Gasteiger partial charge in [0, 0.05) is 10.3 Å². The van der Waals surface area contributed by atoms with E-state index < -0.39 is 0 Å². The molecule has 0 aliphatic heterocycles. The lowest BCUT2D eigenvalue weighted by atomic mass is 10.2. The van der Waals surface area contributed by atoms with Gasteiger partial charge in [0.15, 0.2) is 0 Å². The van der Waals surface area contributed by atoms with Crippen molar-refractivity contribution in [2.45, 2.75) is 38.1 Å². The van der Waals surface area contributed by atoms with Gasteiger partial charge in [0.1, 0.15) is 15.7 Å². The highest BCUT2D eigenvalue weighted by Crippen LogP contribution is 2.40. The first-order valence-corrected chi connectivity index (χ1v) is 8.56. The molecule has 0 atom stereocenters. The topological polar surface area (TPSA) is 52.1 Å². The molecule has 2 heterocycles. The SMILES string of the molecule is CCOC(=O)CSc1nc(C)nc2sc3c(c12)CCC3. The van der Waals surface area contributed by atoms with E-state index in [1.54, 1.807) is 11.3 Å². The van der Waals surface area contributed by atoms with Crippen LogP contribution < -0.4 is 0 Å². The van der Waals surface area contributed by atoms with E-state index in [-0.39, 0.29) is 5.97 Å². The monoisotopic (exact) mass is 308 g/mol. The number of thiophene rings is 1. The number of esters is 1. The molecule has 0 bridgehead atoms. The van der Waals surface area contributed by atoms with Gasteiger partial charge in [0.2, 0.25) is 0 Å². The Morgan fingerprint density at radius 2 is 2.25 bits per heavy atom. The number of aromatic nitrogens is 2. The minimum absolute atomic E-state index is 0.186. The van der Waals surface area contributed by atoms with E-state index in [0.29, 0.717) is 12.4 Å². The molecular formula is C14H16N2O2S2. The molecule has 0 amide bonds. The highest BCUT2D eigenvalue weighted by Gasteiger charge is 2.22. The minimum Gasteiger partial charge on any atom is -0.465 e. The molecule has 0 saturated carbocycles. The van der Waals surface area contributed by atoms with Crippen molar-refractivity contribution in [2.75, 3.05) is 12.4 Å². The molecule has 4 nitrogen and oxygen atoms in total. The Labute approximate surface area is 126 Å². The van der Waals surface area contributed by atoms with Gasteiger partial charge in [0.05, 0.1) is 12.4 Å². The molecule has 0 saturated heterocycles. The Morgan fingerprint density at radius 1 is 1.40 bits per heavy atom. The fourth-order valence-electron chi connectivity index (χ4n) is 2.50. The third kappa shape index (κ3) is 2.54. The van der Waals surface area contributed by atoms with Crippen LogP contribution in [-0.2, 0) is 22.4 Å². The van der Waals surface area contributed by atoms with Crippen molar-refractivity contribution in [1.82, 2.24) is 9.97 Å². The largest absolute Gasteiger partial charge is 0.465 e. The second kappa shape index (κ2) is 5.69. The standard InChI is InChI=1S/C14H16N2O2S2/c1-3-18-11(17)7-19-13-12-9-5-4-6-10(9)20-14(12)16-8(2)15-13/h3-7H2,1-2H3. The zero-order valence-corrected chi connectivity index (χ0v) is 13.2. The maximum Gasteiger partial charge on any atom is 0.316 e. The number of carbonyl (C=O) groups excluding carboxylic acids is 1. The summed E-state index contributed by atoms with van der Waals surface area (Å²) in [5, 5.41) is 2.10. The van der Waals surface area contributed by atoms with Gasteiger partial charge in [-0.3, -0.25) is 4.79 Å². The van der Waals surface area contributed by atoms with Gasteiger partial charge >= 0.3 is 5.97 Å². The Kier molecular flexibility index (Phi) is 3.94. The maximum atomic E-state index is 11.5. The molecule has 0 N–H and O–H groups in total. The molecule has 3 rings (SSSR count). The van der Waals surface area contributed by atoms with E-state index in [1.807, 2.05) is 13.8 Å². The Balaban J connectivity index is 1.94. The minimum atomic E-state index is -0.186. The van der Waals surface area contributed by atoms with Crippen molar-refractivity contribution in [2.24, 2.45) is 0 Å². The summed E-state index contributed by atoms with van der Waals surface area (Å²) in [6.07, 6.45) is 3.47. The maximum absolute atomic E-state index is 11.5. The summed E-state index contributed by atoms with van der Waals surface area (Å²) in [7, 11) is 0. The van der Waals surface area contributed by atoms with Crippen molar-refractivity contribution in [1.29, 1.82) is 0 Å². The molecule has 20 heavy (non-hydrogen) atoms. The van der Waals surface area contributed by atoms with E-state index in [2.05, 4.69) is 9.97 Å². The first-order valence-electron chi connectivity index (χ1n) is 6.76. The summed E-state index contributed by atoms with van der Waals surface area (Å²) in [5.41, 5.74) is 1.40. The fraction of sp³-hybridized carbons (Fsp3) is 0.500. The molecule has 0 unspecified atom stereocenters. The lowest BCUT2D eigenvalue weighted by Gasteiger charge is -2.05. The van der Waals surface area contributed by atoms with Crippen LogP contribution >= 0.6 is 23.1 Å². The predicted octanol–water partition coefficient (Wildman–Crippen LogP) is 3.14. The first-order chi connectivity index (χ1) is 9.69. The third-order valence-electron chi connectivity index (χ3n) is 3.28. The van der Waals surface area contributed by atoms with Gasteiger partial charge in [-0.2, -0.15) is 0 Å². The van der Waals surface area contributed by atoms with E-state index in [1.165, 1.54) is 34.0 Å². The van der Waals surface area contributed by atoms with Gasteiger partial charge in [-0.25, -0.2) is 9.97 Å². The number of rotatable bonds is 4. The smallest absolute Gasteiger partial charge is 0.316 e. The van der Waals surface area contributed by atoms with Crippen LogP contribution in [0.3, 0.4) is 0 Å². The van der Waals surface area contributed by atoms with Crippen molar-refractivity contribution in [3.8, 4) is 0 Å². The van der Waals surface area contributed by atoms with E-state index in [9.17, 15) is 4.79 Å². The lowest BCUT2D eigenvalue weighted by Crippen LogP contribution is -2.07. The number of carbonyl (C=O) groups is 1. The van der Waals surface area contributed by atoms with Crippen LogP contribution in [0.4, 0.5) is 0 Å². The van der Waals surface area contributed by atoms with Crippen LogP contribution in [0.25, 0.3) is 10.2 Å². The van der Waals surface area contributed by atoms with Crippen molar-refractivity contribution >= 4 is 39.3 Å². The second-order valence-electron chi connectivity index (χ2n) is 4.71. The van der Waals surface area contributed by atoms with Gasteiger partial charge in [-0.05, 0) is 38.7 Å². The van der Waals surface area contributed by atoms with Gasteiger partial charge in [0.25, 0.3) is 0 Å². The molecule has 0 radical (unpaired) electrons. The molecule has 2 aromatic heterocycles. The van der Waals surface area contributed by atoms with E-state index in [4.69, 9.17) is 4.74 Å². The number of hydrogen-bond acceptors (Lipinski definition) is 6. The molecule has 106 valence electrons. The van der Waals surface area contributed by atoms with Crippen LogP contribution in [0, 0.1) is 6.92 Å². The van der Waals surface area contributed by atoms with Crippen LogP contribution in [-0.4, -0.2) is 28.3 Å². The fourth-order valence-corrected chi connectivity index (χ4v) is 4.77. The lowest BCUT2D eigenvalue weighted by molar-refractivity contribution is -0.139. The van der Waals surface area contributed by atoms with Crippen molar-refractivity contribution < 1.29 is 9.53 Å². The van der Waals surface area contributed by atoms with Gasteiger partial charge in [-0.15, -0.1) is 11.3 Å². The third-order valence-corrected chi connectivity index (χ3v) is 5.41. The Hall–Kier alpha value is -1.14. The summed E-state index contributed by atoms with van der Waals surface area (Å²) in [6.45, 7) is 4.14. The van der Waals surface area contributed by atoms with Crippen molar-refractivity contribution in [3.63, 3.8) is 0 Å². The van der Waals surface area contributed by atoms with E-state index in [0.717, 1.165) is 28.5 Å². The number of aryl methyl sites for hydroxylation is 3. The highest BCUT2D eigenvalue weighted by molar-refractivity contribution is 8.00. The molecule has 0 fully saturated rings. The predicted molar refractivity (Wildman–Crippen MR) is 81.5 cm³/mol. The molecule has 2 aromatic rings. The molecule has 1 aliphatic carbocycles. The molecule has 6 heteroatoms. The summed E-state index contributed by atoms with van der Waals surface area (Å²) >= 11 is 3.24. The van der Waals surface area contributed by atoms with E-state index >= 15 is 0 Å². The van der Waals surface area contributed by atoms with Crippen LogP contribution in [0.5, 0.6) is 0 Å². The van der Waals surface area contributed by atoms with Crippen LogP contribution in [0.15, 0.2) is 5.03 Å². The number of ether oxygens (including phenoxy) is 1. The average molecular weight is 308 g/mol. The van der Waals surface area contributed by atoms with Crippen molar-refractivity contribution in [3.05, 3.63) is 16.3 Å². The summed E-state index contributed by atoms with van der Waals surface area (Å²) in [6, 6.07) is 0. The first kappa shape index (κ1) is 13.8. The quantitative estimate of drug-likeness (QED) is 0.493. The molecular weight excluding hydrogens is 292 g/mol. The van der Waals surface area contributed by atoms with Crippen LogP contribution in [0.2, 0.25) is 0 Å². The Morgan fingerprint density at radius 3 is 3.05 bits per heavy atom. The molecule has 0 aromatic carbocycles. The average Bonchev–Trinajstić information content (AvgIpc) is 2.95. The molecule has 1 aliphatic rings. The highest BCUT2D eigenvalue weighted by atomic mass is 32.2. The zero-order chi connectivity index (χ0) is 14.1. The number of thioether (sulfide) groups is 1. The van der Waals surface area contributed by atoms with Gasteiger partial charge in [-0.1, -0.05) is 11.8 Å². The molecule has 0 spiro atoms. The summed E-state index contributed by atoms with van der Waals surface area (Å²) in [5.74, 6) is 0.891. The number of hydrogen-bond donors (Lipinski definition) is 0. The number of fused-ring (bicyclic) bond motifs is 3. The second-order valence-corrected chi connectivity index (χ2v) is 6.75. The number of nitrogens with zero attached hydrogens (tertiary/aromatic N) is 2. The Bertz CT molecular complexity index is 667. The van der Waals surface area contributed by atoms with Gasteiger partial charge < -0.3 is 4.74 Å². The van der Waals surface area contributed by atoms with Crippen LogP contribution in [0.1, 0.15) is 29.6 Å². The summed E-state index contributed by atoms with van der Waals surface area (Å²) < 4.78 is 4.98. The zero-order valence-electron chi connectivity index (χ0n) is 11.6. The summed E-state index contributed by atoms with van der Waals surface area (Å²) in [4.78, 5) is 23.1.